The summed E-state index contributed by atoms with van der Waals surface area (Å²) in [6, 6.07) is 5.54. The van der Waals surface area contributed by atoms with Crippen molar-refractivity contribution >= 4 is 0 Å². The van der Waals surface area contributed by atoms with Gasteiger partial charge >= 0.3 is 0 Å². The van der Waals surface area contributed by atoms with Crippen LogP contribution in [0.5, 0.6) is 5.75 Å². The van der Waals surface area contributed by atoms with Gasteiger partial charge in [-0.1, -0.05) is 19.4 Å². The monoisotopic (exact) mass is 282 g/mol. The van der Waals surface area contributed by atoms with Crippen LogP contribution in [0.1, 0.15) is 43.9 Å². The van der Waals surface area contributed by atoms with Crippen molar-refractivity contribution in [3.05, 3.63) is 29.3 Å². The van der Waals surface area contributed by atoms with E-state index >= 15 is 0 Å². The molecule has 1 unspecified atom stereocenters. The van der Waals surface area contributed by atoms with Gasteiger partial charge in [0, 0.05) is 6.61 Å². The minimum absolute atomic E-state index is 0.209. The van der Waals surface area contributed by atoms with Crippen LogP contribution >= 0.6 is 0 Å². The average Bonchev–Trinajstić information content (AvgIpc) is 2.42. The molecule has 0 heterocycles. The second kappa shape index (κ2) is 8.95. The molecule has 0 aliphatic rings. The molecule has 114 valence electrons. The molecular formula is C16H26O4. The van der Waals surface area contributed by atoms with Gasteiger partial charge in [0.1, 0.15) is 18.5 Å². The molecule has 1 rings (SSSR count). The van der Waals surface area contributed by atoms with E-state index in [4.69, 9.17) is 9.47 Å². The minimum Gasteiger partial charge on any atom is -0.491 e. The van der Waals surface area contributed by atoms with E-state index in [1.54, 1.807) is 6.92 Å². The Morgan fingerprint density at radius 1 is 1.20 bits per heavy atom. The zero-order valence-electron chi connectivity index (χ0n) is 12.6. The first-order valence-corrected chi connectivity index (χ1v) is 7.21. The number of unbranched alkanes of at least 4 members (excludes halogenated alkanes) is 1. The molecule has 4 heteroatoms. The van der Waals surface area contributed by atoms with Crippen LogP contribution in [-0.4, -0.2) is 36.1 Å². The topological polar surface area (TPSA) is 58.9 Å². The van der Waals surface area contributed by atoms with Crippen LogP contribution in [0.4, 0.5) is 0 Å². The van der Waals surface area contributed by atoms with Gasteiger partial charge in [0.2, 0.25) is 0 Å². The van der Waals surface area contributed by atoms with Crippen molar-refractivity contribution in [2.45, 2.75) is 45.8 Å². The van der Waals surface area contributed by atoms with E-state index in [1.165, 1.54) is 0 Å². The highest BCUT2D eigenvalue weighted by Gasteiger charge is 2.08. The first-order chi connectivity index (χ1) is 9.54. The van der Waals surface area contributed by atoms with Gasteiger partial charge in [0.25, 0.3) is 0 Å². The van der Waals surface area contributed by atoms with E-state index in [1.807, 2.05) is 25.1 Å². The number of aryl methyl sites for hydroxylation is 1. The summed E-state index contributed by atoms with van der Waals surface area (Å²) in [6.07, 6.45) is 0.984. The predicted octanol–water partition coefficient (Wildman–Crippen LogP) is 2.60. The van der Waals surface area contributed by atoms with Crippen molar-refractivity contribution in [1.29, 1.82) is 0 Å². The Bertz CT molecular complexity index is 390. The molecule has 0 saturated carbocycles. The summed E-state index contributed by atoms with van der Waals surface area (Å²) in [7, 11) is 0. The molecule has 0 bridgehead atoms. The highest BCUT2D eigenvalue weighted by atomic mass is 16.5. The predicted molar refractivity (Wildman–Crippen MR) is 79.0 cm³/mol. The number of benzene rings is 1. The lowest BCUT2D eigenvalue weighted by molar-refractivity contribution is 0.0112. The fourth-order valence-electron chi connectivity index (χ4n) is 1.79. The summed E-state index contributed by atoms with van der Waals surface area (Å²) in [5.41, 5.74) is 1.81. The molecular weight excluding hydrogens is 256 g/mol. The lowest BCUT2D eigenvalue weighted by atomic mass is 10.1. The van der Waals surface area contributed by atoms with E-state index in [9.17, 15) is 10.2 Å². The molecule has 0 amide bonds. The molecule has 0 aliphatic carbocycles. The first kappa shape index (κ1) is 17.0. The first-order valence-electron chi connectivity index (χ1n) is 7.21. The highest BCUT2D eigenvalue weighted by Crippen LogP contribution is 2.22. The Hall–Kier alpha value is -1.10. The zero-order chi connectivity index (χ0) is 15.0. The van der Waals surface area contributed by atoms with Crippen LogP contribution in [-0.2, 0) is 4.74 Å². The lowest BCUT2D eigenvalue weighted by Crippen LogP contribution is -2.23. The largest absolute Gasteiger partial charge is 0.491 e. The van der Waals surface area contributed by atoms with E-state index < -0.39 is 12.2 Å². The normalized spacial score (nSPS) is 14.1. The standard InChI is InChI=1S/C16H26O4/c1-4-5-8-19-10-15(18)11-20-16-7-6-14(13(3)17)9-12(16)2/h6-7,9,13,15,17-18H,4-5,8,10-11H2,1-3H3/t13-,15?/m1/s1. The number of rotatable bonds is 9. The molecule has 20 heavy (non-hydrogen) atoms. The Labute approximate surface area is 121 Å². The summed E-state index contributed by atoms with van der Waals surface area (Å²) in [4.78, 5) is 0. The summed E-state index contributed by atoms with van der Waals surface area (Å²) in [6.45, 7) is 6.93. The molecule has 0 aromatic heterocycles. The van der Waals surface area contributed by atoms with Crippen LogP contribution in [0.3, 0.4) is 0 Å². The molecule has 1 aromatic carbocycles. The molecule has 0 aliphatic heterocycles. The summed E-state index contributed by atoms with van der Waals surface area (Å²) in [5.74, 6) is 0.724. The molecule has 0 saturated heterocycles. The molecule has 0 fully saturated rings. The van der Waals surface area contributed by atoms with Gasteiger partial charge in [-0.25, -0.2) is 0 Å². The van der Waals surface area contributed by atoms with Gasteiger partial charge in [-0.05, 0) is 43.5 Å². The number of aliphatic hydroxyl groups excluding tert-OH is 2. The van der Waals surface area contributed by atoms with Crippen molar-refractivity contribution in [3.63, 3.8) is 0 Å². The van der Waals surface area contributed by atoms with E-state index in [2.05, 4.69) is 6.92 Å². The Balaban J connectivity index is 2.37. The van der Waals surface area contributed by atoms with Gasteiger partial charge in [-0.3, -0.25) is 0 Å². The van der Waals surface area contributed by atoms with Crippen molar-refractivity contribution in [2.75, 3.05) is 19.8 Å². The number of hydrogen-bond donors (Lipinski definition) is 2. The van der Waals surface area contributed by atoms with Crippen molar-refractivity contribution < 1.29 is 19.7 Å². The maximum atomic E-state index is 9.75. The van der Waals surface area contributed by atoms with Gasteiger partial charge in [-0.2, -0.15) is 0 Å². The summed E-state index contributed by atoms with van der Waals surface area (Å²) >= 11 is 0. The second-order valence-corrected chi connectivity index (χ2v) is 5.09. The van der Waals surface area contributed by atoms with Crippen LogP contribution in [0.2, 0.25) is 0 Å². The van der Waals surface area contributed by atoms with Gasteiger partial charge in [0.15, 0.2) is 0 Å². The average molecular weight is 282 g/mol. The van der Waals surface area contributed by atoms with E-state index in [0.717, 1.165) is 29.7 Å². The molecule has 1 aromatic rings. The SMILES string of the molecule is CCCCOCC(O)COc1ccc([C@@H](C)O)cc1C. The Morgan fingerprint density at radius 3 is 2.55 bits per heavy atom. The van der Waals surface area contributed by atoms with Crippen molar-refractivity contribution in [3.8, 4) is 5.75 Å². The lowest BCUT2D eigenvalue weighted by Gasteiger charge is -2.15. The minimum atomic E-state index is -0.623. The van der Waals surface area contributed by atoms with Crippen molar-refractivity contribution in [2.24, 2.45) is 0 Å². The molecule has 0 spiro atoms. The number of ether oxygens (including phenoxy) is 2. The van der Waals surface area contributed by atoms with Crippen LogP contribution in [0, 0.1) is 6.92 Å². The van der Waals surface area contributed by atoms with E-state index in [0.29, 0.717) is 13.2 Å². The van der Waals surface area contributed by atoms with Gasteiger partial charge in [-0.15, -0.1) is 0 Å². The number of hydrogen-bond acceptors (Lipinski definition) is 4. The summed E-state index contributed by atoms with van der Waals surface area (Å²) < 4.78 is 10.9. The highest BCUT2D eigenvalue weighted by molar-refractivity contribution is 5.36. The summed E-state index contributed by atoms with van der Waals surface area (Å²) in [5, 5.41) is 19.3. The quantitative estimate of drug-likeness (QED) is 0.684. The van der Waals surface area contributed by atoms with Gasteiger partial charge in [0.05, 0.1) is 12.7 Å². The van der Waals surface area contributed by atoms with E-state index in [-0.39, 0.29) is 6.61 Å². The zero-order valence-corrected chi connectivity index (χ0v) is 12.6. The third-order valence-electron chi connectivity index (χ3n) is 3.07. The van der Waals surface area contributed by atoms with Crippen LogP contribution in [0.25, 0.3) is 0 Å². The third-order valence-corrected chi connectivity index (χ3v) is 3.07. The van der Waals surface area contributed by atoms with Crippen LogP contribution < -0.4 is 4.74 Å². The maximum Gasteiger partial charge on any atom is 0.122 e. The fraction of sp³-hybridized carbons (Fsp3) is 0.625. The molecule has 4 nitrogen and oxygen atoms in total. The molecule has 0 radical (unpaired) electrons. The van der Waals surface area contributed by atoms with Crippen LogP contribution in [0.15, 0.2) is 18.2 Å². The molecule has 2 N–H and O–H groups in total. The smallest absolute Gasteiger partial charge is 0.122 e. The number of aliphatic hydroxyl groups is 2. The van der Waals surface area contributed by atoms with Crippen molar-refractivity contribution in [1.82, 2.24) is 0 Å². The molecule has 2 atom stereocenters. The Morgan fingerprint density at radius 2 is 1.95 bits per heavy atom. The fourth-order valence-corrected chi connectivity index (χ4v) is 1.79. The second-order valence-electron chi connectivity index (χ2n) is 5.09. The maximum absolute atomic E-state index is 9.75. The van der Waals surface area contributed by atoms with Gasteiger partial charge < -0.3 is 19.7 Å². The Kier molecular flexibility index (Phi) is 7.59. The third kappa shape index (κ3) is 5.90.